The third-order valence-corrected chi connectivity index (χ3v) is 10.3. The van der Waals surface area contributed by atoms with E-state index in [0.717, 1.165) is 43.1 Å². The van der Waals surface area contributed by atoms with Crippen molar-refractivity contribution in [3.8, 4) is 5.75 Å². The quantitative estimate of drug-likeness (QED) is 0.194. The zero-order chi connectivity index (χ0) is 28.9. The molecule has 1 saturated carbocycles. The van der Waals surface area contributed by atoms with E-state index in [1.807, 2.05) is 12.1 Å². The molecule has 4 rings (SSSR count). The van der Waals surface area contributed by atoms with Crippen LogP contribution in [0.2, 0.25) is 0 Å². The minimum absolute atomic E-state index is 0.0969. The van der Waals surface area contributed by atoms with Crippen molar-refractivity contribution in [1.29, 1.82) is 0 Å². The summed E-state index contributed by atoms with van der Waals surface area (Å²) >= 11 is 3.70. The number of piperidine rings is 1. The molecule has 6 atom stereocenters. The molecule has 0 bridgehead atoms. The summed E-state index contributed by atoms with van der Waals surface area (Å²) in [6.07, 6.45) is 4.99. The van der Waals surface area contributed by atoms with E-state index in [9.17, 15) is 23.4 Å². The first-order chi connectivity index (χ1) is 17.6. The van der Waals surface area contributed by atoms with Gasteiger partial charge in [-0.25, -0.2) is 8.78 Å². The minimum Gasteiger partial charge on any atom is -0.508 e. The number of hydrogen-bond acceptors (Lipinski definition) is 3. The van der Waals surface area contributed by atoms with Gasteiger partial charge in [-0.15, -0.1) is 0 Å². The highest BCUT2D eigenvalue weighted by Crippen LogP contribution is 2.57. The van der Waals surface area contributed by atoms with Crippen LogP contribution in [0.15, 0.2) is 18.2 Å². The molecule has 0 spiro atoms. The van der Waals surface area contributed by atoms with Gasteiger partial charge in [0.05, 0.1) is 25.7 Å². The van der Waals surface area contributed by atoms with Gasteiger partial charge in [0, 0.05) is 36.7 Å². The number of phenolic OH excluding ortho intramolecular Hbond substituents is 1. The molecule has 0 amide bonds. The molecular weight excluding hydrogens is 506 g/mol. The van der Waals surface area contributed by atoms with Gasteiger partial charge in [-0.2, -0.15) is 12.6 Å². The van der Waals surface area contributed by atoms with Crippen LogP contribution in [0.5, 0.6) is 5.75 Å². The molecule has 0 aromatic heterocycles. The molecule has 2 heterocycles. The van der Waals surface area contributed by atoms with E-state index in [2.05, 4.69) is 68.2 Å². The number of aliphatic hydroxyl groups is 1. The maximum Gasteiger partial charge on any atom is 0.270 e. The Morgan fingerprint density at radius 2 is 1.82 bits per heavy atom. The van der Waals surface area contributed by atoms with Crippen molar-refractivity contribution < 1.29 is 27.9 Å². The highest BCUT2D eigenvalue weighted by Gasteiger charge is 2.61. The highest BCUT2D eigenvalue weighted by molar-refractivity contribution is 7.80. The number of fused-ring (bicyclic) bond motifs is 5. The van der Waals surface area contributed by atoms with Gasteiger partial charge < -0.3 is 14.7 Å². The second kappa shape index (κ2) is 13.2. The minimum atomic E-state index is -3.39. The lowest BCUT2D eigenvalue weighted by Crippen LogP contribution is -2.65. The maximum absolute atomic E-state index is 12.2. The third kappa shape index (κ3) is 7.45. The van der Waals surface area contributed by atoms with Crippen molar-refractivity contribution in [2.45, 2.75) is 123 Å². The first-order valence-electron chi connectivity index (χ1n) is 14.3. The number of alkyl halides is 3. The number of quaternary nitrogens is 1. The molecular formula is C30H50BF3NO2S+. The molecule has 2 N–H and O–H groups in total. The summed E-state index contributed by atoms with van der Waals surface area (Å²) in [4.78, 5) is 0. The molecule has 3 nitrogen and oxygen atoms in total. The van der Waals surface area contributed by atoms with Crippen LogP contribution in [0.1, 0.15) is 103 Å². The second-order valence-corrected chi connectivity index (χ2v) is 13.2. The summed E-state index contributed by atoms with van der Waals surface area (Å²) < 4.78 is 37.3. The maximum atomic E-state index is 12.2. The smallest absolute Gasteiger partial charge is 0.270 e. The summed E-state index contributed by atoms with van der Waals surface area (Å²) in [6, 6.07) is 7.05. The van der Waals surface area contributed by atoms with E-state index >= 15 is 0 Å². The molecule has 2 fully saturated rings. The molecule has 1 aromatic carbocycles. The third-order valence-electron chi connectivity index (χ3n) is 9.95. The first kappa shape index (κ1) is 33.4. The van der Waals surface area contributed by atoms with Gasteiger partial charge in [0.25, 0.3) is 5.92 Å². The molecule has 2 radical (unpaired) electrons. The van der Waals surface area contributed by atoms with Crippen molar-refractivity contribution in [2.24, 2.45) is 10.8 Å². The van der Waals surface area contributed by atoms with Gasteiger partial charge in [-0.1, -0.05) is 47.5 Å². The summed E-state index contributed by atoms with van der Waals surface area (Å²) in [7, 11) is 6.77. The van der Waals surface area contributed by atoms with Crippen molar-refractivity contribution in [3.63, 3.8) is 0 Å². The van der Waals surface area contributed by atoms with Gasteiger partial charge in [-0.3, -0.25) is 4.39 Å². The fourth-order valence-corrected chi connectivity index (χ4v) is 6.60. The van der Waals surface area contributed by atoms with Gasteiger partial charge >= 0.3 is 0 Å². The van der Waals surface area contributed by atoms with Gasteiger partial charge in [-0.05, 0) is 54.2 Å². The molecule has 6 unspecified atom stereocenters. The first-order valence-corrected chi connectivity index (χ1v) is 14.9. The van der Waals surface area contributed by atoms with E-state index in [1.165, 1.54) is 24.0 Å². The molecule has 216 valence electrons. The lowest BCUT2D eigenvalue weighted by molar-refractivity contribution is -0.975. The predicted molar refractivity (Wildman–Crippen MR) is 155 cm³/mol. The number of halogens is 3. The number of aromatic hydroxyl groups is 1. The lowest BCUT2D eigenvalue weighted by Gasteiger charge is -2.58. The summed E-state index contributed by atoms with van der Waals surface area (Å²) in [5.74, 6) is -2.67. The predicted octanol–water partition coefficient (Wildman–Crippen LogP) is 7.39. The zero-order valence-corrected chi connectivity index (χ0v) is 25.2. The van der Waals surface area contributed by atoms with Gasteiger partial charge in [0.1, 0.15) is 25.7 Å². The summed E-state index contributed by atoms with van der Waals surface area (Å²) in [6.45, 7) is 12.5. The molecule has 3 aliphatic rings. The Morgan fingerprint density at radius 3 is 2.34 bits per heavy atom. The zero-order valence-electron chi connectivity index (χ0n) is 24.3. The summed E-state index contributed by atoms with van der Waals surface area (Å²) in [5.41, 5.74) is 3.45. The van der Waals surface area contributed by atoms with E-state index in [0.29, 0.717) is 29.0 Å². The number of aliphatic hydroxyl groups excluding tert-OH is 1. The standard InChI is InChI=1S/C18H25NO2.C7H16.C5H8BF3S/c1-18-9-7-15-14-4-3-13(20)11-12(14)8-10-19(15,2)16(18)5-6-17(18)21;1-5-7(3,4)6-2;6-4(7)5(8,9)2-1-3-10/h3-4,11,15-17,21H,5-10H2,1-2H3;5-6H2,1-4H3;4,10H,1-3H2/p+1. The number of hydrogen-bond donors (Lipinski definition) is 3. The van der Waals surface area contributed by atoms with Crippen LogP contribution in [0.4, 0.5) is 13.2 Å². The molecule has 1 aliphatic carbocycles. The molecule has 1 saturated heterocycles. The van der Waals surface area contributed by atoms with Crippen LogP contribution < -0.4 is 0 Å². The monoisotopic (exact) mass is 556 g/mol. The lowest BCUT2D eigenvalue weighted by atomic mass is 9.69. The van der Waals surface area contributed by atoms with E-state index in [-0.39, 0.29) is 17.9 Å². The number of likely N-dealkylation sites (N-methyl/N-ethyl adjacent to an activating group) is 1. The second-order valence-electron chi connectivity index (χ2n) is 12.7. The van der Waals surface area contributed by atoms with E-state index in [1.54, 1.807) is 0 Å². The number of nitrogens with zero attached hydrogens (tertiary/aromatic N) is 1. The fourth-order valence-electron chi connectivity index (χ4n) is 6.44. The van der Waals surface area contributed by atoms with Crippen LogP contribution in [0.3, 0.4) is 0 Å². The Labute approximate surface area is 236 Å². The summed E-state index contributed by atoms with van der Waals surface area (Å²) in [5, 5.41) is 20.2. The van der Waals surface area contributed by atoms with Crippen molar-refractivity contribution in [2.75, 3.05) is 19.3 Å². The van der Waals surface area contributed by atoms with Crippen LogP contribution in [0, 0.1) is 10.8 Å². The average Bonchev–Trinajstić information content (AvgIpc) is 3.18. The van der Waals surface area contributed by atoms with E-state index < -0.39 is 18.4 Å². The number of rotatable bonds is 6. The molecule has 2 aliphatic heterocycles. The number of benzene rings is 1. The topological polar surface area (TPSA) is 40.5 Å². The Balaban J connectivity index is 0.000000250. The van der Waals surface area contributed by atoms with Crippen LogP contribution in [-0.2, 0) is 6.42 Å². The Bertz CT molecular complexity index is 896. The Morgan fingerprint density at radius 1 is 1.18 bits per heavy atom. The number of thiol groups is 1. The molecule has 38 heavy (non-hydrogen) atoms. The van der Waals surface area contributed by atoms with Crippen molar-refractivity contribution in [1.82, 2.24) is 0 Å². The SMILES string of the molecule is CC12CCC3c4ccc(O)cc4CC[N+]3(C)C1CCC2O.CCC(C)(C)CC.[B]C(F)C(F)(F)CCCS. The highest BCUT2D eigenvalue weighted by atomic mass is 32.1. The van der Waals surface area contributed by atoms with Crippen LogP contribution >= 0.6 is 12.6 Å². The Kier molecular flexibility index (Phi) is 11.6. The average molecular weight is 557 g/mol. The molecule has 8 heteroatoms. The van der Waals surface area contributed by atoms with E-state index in [4.69, 9.17) is 0 Å². The van der Waals surface area contributed by atoms with Crippen molar-refractivity contribution >= 4 is 20.5 Å². The van der Waals surface area contributed by atoms with Crippen molar-refractivity contribution in [3.05, 3.63) is 29.3 Å². The van der Waals surface area contributed by atoms with Crippen LogP contribution in [-0.4, -0.2) is 66.0 Å². The fraction of sp³-hybridized carbons (Fsp3) is 0.800. The van der Waals surface area contributed by atoms with Gasteiger partial charge in [0.15, 0.2) is 0 Å². The van der Waals surface area contributed by atoms with Gasteiger partial charge in [0.2, 0.25) is 0 Å². The number of phenols is 1. The Hall–Kier alpha value is -0.855. The normalized spacial score (nSPS) is 31.0. The molecule has 1 aromatic rings. The largest absolute Gasteiger partial charge is 0.508 e. The van der Waals surface area contributed by atoms with Crippen LogP contribution in [0.25, 0.3) is 0 Å².